The van der Waals surface area contributed by atoms with E-state index < -0.39 is 58.6 Å². The number of hydrogen-bond donors (Lipinski definition) is 0. The number of aromatic nitrogens is 3. The van der Waals surface area contributed by atoms with Gasteiger partial charge in [0.25, 0.3) is 11.8 Å². The zero-order chi connectivity index (χ0) is 23.6. The summed E-state index contributed by atoms with van der Waals surface area (Å²) in [4.78, 5) is 15.6. The van der Waals surface area contributed by atoms with E-state index in [1.807, 2.05) is 0 Å². The van der Waals surface area contributed by atoms with E-state index in [4.69, 9.17) is 0 Å². The summed E-state index contributed by atoms with van der Waals surface area (Å²) in [5.41, 5.74) is -3.17. The molecule has 2 aromatic heterocycles. The molecule has 0 saturated carbocycles. The van der Waals surface area contributed by atoms with Gasteiger partial charge >= 0.3 is 12.6 Å². The van der Waals surface area contributed by atoms with E-state index in [9.17, 15) is 35.5 Å². The van der Waals surface area contributed by atoms with E-state index in [0.717, 1.165) is 19.3 Å². The van der Waals surface area contributed by atoms with Crippen molar-refractivity contribution in [3.05, 3.63) is 64.8 Å². The minimum Gasteiger partial charge on any atom is -0.415 e. The van der Waals surface area contributed by atoms with Gasteiger partial charge in [-0.15, -0.1) is 10.2 Å². The molecule has 32 heavy (non-hydrogen) atoms. The normalized spacial score (nSPS) is 12.0. The van der Waals surface area contributed by atoms with Gasteiger partial charge in [0.05, 0.1) is 22.9 Å². The third-order valence-electron chi connectivity index (χ3n) is 3.96. The minimum atomic E-state index is -4.86. The van der Waals surface area contributed by atoms with Gasteiger partial charge in [-0.2, -0.15) is 27.1 Å². The first-order valence-corrected chi connectivity index (χ1v) is 8.43. The summed E-state index contributed by atoms with van der Waals surface area (Å²) >= 11 is 0. The maximum atomic E-state index is 14.3. The van der Waals surface area contributed by atoms with Gasteiger partial charge in [-0.05, 0) is 18.2 Å². The number of hydrogen-bond acceptors (Lipinski definition) is 6. The van der Waals surface area contributed by atoms with Crippen LogP contribution in [0, 0.1) is 11.6 Å². The smallest absolute Gasteiger partial charge is 0.415 e. The van der Waals surface area contributed by atoms with Crippen molar-refractivity contribution >= 4 is 12.1 Å². The second-order valence-electron chi connectivity index (χ2n) is 6.09. The zero-order valence-corrected chi connectivity index (χ0v) is 15.7. The average Bonchev–Trinajstić information content (AvgIpc) is 3.22. The number of amides is 1. The van der Waals surface area contributed by atoms with E-state index in [0.29, 0.717) is 29.6 Å². The lowest BCUT2D eigenvalue weighted by molar-refractivity contribution is -0.138. The fourth-order valence-corrected chi connectivity index (χ4v) is 2.45. The maximum Gasteiger partial charge on any atom is 0.418 e. The third kappa shape index (κ3) is 4.73. The lowest BCUT2D eigenvalue weighted by Gasteiger charge is -2.15. The van der Waals surface area contributed by atoms with Crippen LogP contribution in [0.1, 0.15) is 33.8 Å². The topological polar surface area (TPSA) is 84.5 Å². The zero-order valence-electron chi connectivity index (χ0n) is 15.7. The van der Waals surface area contributed by atoms with E-state index in [2.05, 4.69) is 24.7 Å². The number of pyridine rings is 1. The predicted octanol–water partition coefficient (Wildman–Crippen LogP) is 4.47. The molecule has 0 aliphatic carbocycles. The molecule has 168 valence electrons. The number of nitrogens with zero attached hydrogens (tertiary/aromatic N) is 5. The molecular formula is C18H10F7N5O2. The van der Waals surface area contributed by atoms with Crippen molar-refractivity contribution in [2.45, 2.75) is 12.6 Å². The number of halogens is 7. The molecule has 1 amide bonds. The summed E-state index contributed by atoms with van der Waals surface area (Å²) in [7, 11) is 0.980. The second kappa shape index (κ2) is 8.72. The highest BCUT2D eigenvalue weighted by Crippen LogP contribution is 2.32. The Labute approximate surface area is 174 Å². The number of carbonyl (C=O) groups excluding carboxylic acids is 1. The monoisotopic (exact) mass is 461 g/mol. The quantitative estimate of drug-likeness (QED) is 0.318. The summed E-state index contributed by atoms with van der Waals surface area (Å²) < 4.78 is 97.4. The van der Waals surface area contributed by atoms with Crippen LogP contribution in [0.2, 0.25) is 0 Å². The SMILES string of the molecule is CN(/N=C/c1c(F)cc(-c2nnc(C(F)F)o2)cc1F)C(=O)c1ccncc1C(F)(F)F. The first-order chi connectivity index (χ1) is 15.0. The van der Waals surface area contributed by atoms with Crippen LogP contribution in [0.25, 0.3) is 11.5 Å². The maximum absolute atomic E-state index is 14.3. The van der Waals surface area contributed by atoms with Gasteiger partial charge < -0.3 is 4.42 Å². The minimum absolute atomic E-state index is 0.340. The standard InChI is InChI=1S/C18H10F7N5O2/c1-30(17(31)9-2-3-26-7-11(9)18(23,24)25)27-6-10-12(19)4-8(5-13(10)20)15-28-29-16(32-15)14(21)22/h2-7,14H,1H3/b27-6+. The van der Waals surface area contributed by atoms with Gasteiger partial charge in [-0.1, -0.05) is 0 Å². The Hall–Kier alpha value is -3.84. The molecule has 3 rings (SSSR count). The van der Waals surface area contributed by atoms with Crippen LogP contribution < -0.4 is 0 Å². The Balaban J connectivity index is 1.86. The van der Waals surface area contributed by atoms with Gasteiger partial charge in [0.15, 0.2) is 0 Å². The van der Waals surface area contributed by atoms with Crippen LogP contribution in [-0.2, 0) is 6.18 Å². The van der Waals surface area contributed by atoms with Gasteiger partial charge in [-0.25, -0.2) is 13.8 Å². The molecule has 0 atom stereocenters. The van der Waals surface area contributed by atoms with Crippen LogP contribution in [-0.4, -0.2) is 39.4 Å². The molecule has 0 aliphatic rings. The van der Waals surface area contributed by atoms with Crippen molar-refractivity contribution in [2.75, 3.05) is 7.05 Å². The van der Waals surface area contributed by atoms with Crippen molar-refractivity contribution in [3.8, 4) is 11.5 Å². The molecule has 0 unspecified atom stereocenters. The molecule has 1 aromatic carbocycles. The molecule has 0 fully saturated rings. The highest BCUT2D eigenvalue weighted by Gasteiger charge is 2.36. The van der Waals surface area contributed by atoms with Crippen molar-refractivity contribution < 1.29 is 39.9 Å². The largest absolute Gasteiger partial charge is 0.418 e. The summed E-state index contributed by atoms with van der Waals surface area (Å²) in [5.74, 6) is -5.28. The highest BCUT2D eigenvalue weighted by atomic mass is 19.4. The lowest BCUT2D eigenvalue weighted by Crippen LogP contribution is -2.25. The summed E-state index contributed by atoms with van der Waals surface area (Å²) in [5, 5.41) is 10.2. The average molecular weight is 461 g/mol. The molecule has 0 radical (unpaired) electrons. The number of hydrazone groups is 1. The van der Waals surface area contributed by atoms with Crippen LogP contribution in [0.15, 0.2) is 40.1 Å². The number of carbonyl (C=O) groups is 1. The predicted molar refractivity (Wildman–Crippen MR) is 93.5 cm³/mol. The summed E-state index contributed by atoms with van der Waals surface area (Å²) in [6, 6.07) is 2.21. The van der Waals surface area contributed by atoms with E-state index in [1.165, 1.54) is 0 Å². The Bertz CT molecular complexity index is 1150. The molecule has 7 nitrogen and oxygen atoms in total. The first kappa shape index (κ1) is 22.8. The highest BCUT2D eigenvalue weighted by molar-refractivity contribution is 5.96. The van der Waals surface area contributed by atoms with Crippen molar-refractivity contribution in [2.24, 2.45) is 5.10 Å². The van der Waals surface area contributed by atoms with Crippen molar-refractivity contribution in [1.82, 2.24) is 20.2 Å². The Kier molecular flexibility index (Phi) is 6.23. The fraction of sp³-hybridized carbons (Fsp3) is 0.167. The molecule has 0 spiro atoms. The number of rotatable bonds is 5. The third-order valence-corrected chi connectivity index (χ3v) is 3.96. The summed E-state index contributed by atoms with van der Waals surface area (Å²) in [6.45, 7) is 0. The Morgan fingerprint density at radius 3 is 2.41 bits per heavy atom. The number of alkyl halides is 5. The number of benzene rings is 1. The van der Waals surface area contributed by atoms with Crippen LogP contribution in [0.4, 0.5) is 30.7 Å². The van der Waals surface area contributed by atoms with E-state index in [1.54, 1.807) is 0 Å². The fourth-order valence-electron chi connectivity index (χ4n) is 2.45. The molecule has 0 aliphatic heterocycles. The molecule has 14 heteroatoms. The van der Waals surface area contributed by atoms with Gasteiger partial charge in [0, 0.05) is 25.0 Å². The Morgan fingerprint density at radius 1 is 1.19 bits per heavy atom. The van der Waals surface area contributed by atoms with Crippen molar-refractivity contribution in [1.29, 1.82) is 0 Å². The molecule has 3 aromatic rings. The first-order valence-electron chi connectivity index (χ1n) is 8.43. The molecule has 2 heterocycles. The van der Waals surface area contributed by atoms with Gasteiger partial charge in [0.1, 0.15) is 11.6 Å². The summed E-state index contributed by atoms with van der Waals surface area (Å²) in [6.07, 6.45) is -5.95. The van der Waals surface area contributed by atoms with Crippen LogP contribution in [0.3, 0.4) is 0 Å². The second-order valence-corrected chi connectivity index (χ2v) is 6.09. The molecular weight excluding hydrogens is 451 g/mol. The Morgan fingerprint density at radius 2 is 1.84 bits per heavy atom. The molecule has 0 N–H and O–H groups in total. The lowest BCUT2D eigenvalue weighted by atomic mass is 10.1. The van der Waals surface area contributed by atoms with Crippen molar-refractivity contribution in [3.63, 3.8) is 0 Å². The van der Waals surface area contributed by atoms with E-state index in [-0.39, 0.29) is 5.56 Å². The van der Waals surface area contributed by atoms with Crippen LogP contribution in [0.5, 0.6) is 0 Å². The van der Waals surface area contributed by atoms with Gasteiger partial charge in [-0.3, -0.25) is 9.78 Å². The van der Waals surface area contributed by atoms with Crippen LogP contribution >= 0.6 is 0 Å². The van der Waals surface area contributed by atoms with Gasteiger partial charge in [0.2, 0.25) is 5.89 Å². The molecule has 0 saturated heterocycles. The molecule has 0 bridgehead atoms. The van der Waals surface area contributed by atoms with E-state index >= 15 is 0 Å².